The molecule has 1 amide bonds. The highest BCUT2D eigenvalue weighted by molar-refractivity contribution is 7.90. The molecule has 0 saturated carbocycles. The number of methoxy groups -OCH3 is 1. The smallest absolute Gasteiger partial charge is 0.251 e. The molecule has 1 aromatic carbocycles. The number of aromatic nitrogens is 2. The van der Waals surface area contributed by atoms with Gasteiger partial charge in [0.1, 0.15) is 16.5 Å². The number of fused-ring (bicyclic) bond motifs is 1. The Morgan fingerprint density at radius 2 is 2.07 bits per heavy atom. The number of nitrogens with one attached hydrogen (secondary N) is 1. The number of hydrogen-bond donors (Lipinski definition) is 1. The van der Waals surface area contributed by atoms with Crippen LogP contribution >= 0.6 is 0 Å². The maximum Gasteiger partial charge on any atom is 0.251 e. The van der Waals surface area contributed by atoms with Crippen LogP contribution in [0, 0.1) is 0 Å². The average Bonchev–Trinajstić information content (AvgIpc) is 3.07. The van der Waals surface area contributed by atoms with Gasteiger partial charge in [0.25, 0.3) is 5.91 Å². The summed E-state index contributed by atoms with van der Waals surface area (Å²) in [5.41, 5.74) is 1.31. The number of pyridine rings is 1. The molecule has 142 valence electrons. The van der Waals surface area contributed by atoms with Crippen molar-refractivity contribution in [1.82, 2.24) is 14.7 Å². The fraction of sp³-hybridized carbons (Fsp3) is 0.263. The van der Waals surface area contributed by atoms with Crippen LogP contribution in [0.1, 0.15) is 22.6 Å². The quantitative estimate of drug-likeness (QED) is 0.627. The first kappa shape index (κ1) is 18.9. The van der Waals surface area contributed by atoms with E-state index in [1.54, 1.807) is 6.07 Å². The Labute approximate surface area is 157 Å². The second-order valence-corrected chi connectivity index (χ2v) is 8.15. The molecule has 3 rings (SSSR count). The first-order chi connectivity index (χ1) is 12.9. The Hall–Kier alpha value is -2.87. The normalized spacial score (nSPS) is 11.5. The lowest BCUT2D eigenvalue weighted by Gasteiger charge is -2.10. The van der Waals surface area contributed by atoms with Crippen molar-refractivity contribution >= 4 is 21.3 Å². The molecule has 2 heterocycles. The molecule has 8 heteroatoms. The fourth-order valence-corrected chi connectivity index (χ4v) is 3.70. The van der Waals surface area contributed by atoms with E-state index in [0.717, 1.165) is 30.4 Å². The van der Waals surface area contributed by atoms with Crippen molar-refractivity contribution in [2.75, 3.05) is 19.9 Å². The van der Waals surface area contributed by atoms with Crippen molar-refractivity contribution in [2.24, 2.45) is 0 Å². The molecule has 0 bridgehead atoms. The van der Waals surface area contributed by atoms with Crippen molar-refractivity contribution in [1.29, 1.82) is 0 Å². The number of benzene rings is 1. The number of imidazole rings is 1. The number of carbonyl (C=O) groups is 1. The van der Waals surface area contributed by atoms with Gasteiger partial charge in [0.2, 0.25) is 0 Å². The highest BCUT2D eigenvalue weighted by atomic mass is 32.2. The highest BCUT2D eigenvalue weighted by Gasteiger charge is 2.17. The van der Waals surface area contributed by atoms with E-state index in [-0.39, 0.29) is 22.1 Å². The summed E-state index contributed by atoms with van der Waals surface area (Å²) in [7, 11) is -2.10. The third-order valence-corrected chi connectivity index (χ3v) is 5.32. The second-order valence-electron chi connectivity index (χ2n) is 6.17. The number of hydrogen-bond acceptors (Lipinski definition) is 5. The van der Waals surface area contributed by atoms with Gasteiger partial charge in [-0.05, 0) is 36.8 Å². The zero-order chi connectivity index (χ0) is 19.4. The van der Waals surface area contributed by atoms with Crippen molar-refractivity contribution < 1.29 is 17.9 Å². The van der Waals surface area contributed by atoms with Crippen molar-refractivity contribution in [2.45, 2.75) is 17.7 Å². The van der Waals surface area contributed by atoms with Gasteiger partial charge >= 0.3 is 0 Å². The number of carbonyl (C=O) groups excluding carboxylic acids is 1. The van der Waals surface area contributed by atoms with Gasteiger partial charge in [0.05, 0.1) is 18.8 Å². The Bertz CT molecular complexity index is 1070. The number of nitrogens with zero attached hydrogens (tertiary/aromatic N) is 2. The minimum absolute atomic E-state index is 0.00139. The van der Waals surface area contributed by atoms with Crippen LogP contribution in [0.4, 0.5) is 0 Å². The molecule has 0 aliphatic carbocycles. The number of sulfone groups is 1. The third kappa shape index (κ3) is 4.28. The van der Waals surface area contributed by atoms with E-state index in [4.69, 9.17) is 4.74 Å². The van der Waals surface area contributed by atoms with Crippen LogP contribution in [0.5, 0.6) is 5.75 Å². The number of ether oxygens (including phenoxy) is 1. The van der Waals surface area contributed by atoms with Gasteiger partial charge in [0.15, 0.2) is 9.84 Å². The van der Waals surface area contributed by atoms with Gasteiger partial charge in [-0.15, -0.1) is 0 Å². The second kappa shape index (κ2) is 7.79. The molecule has 7 nitrogen and oxygen atoms in total. The third-order valence-electron chi connectivity index (χ3n) is 4.20. The van der Waals surface area contributed by atoms with Crippen LogP contribution in [-0.2, 0) is 16.3 Å². The van der Waals surface area contributed by atoms with E-state index >= 15 is 0 Å². The maximum atomic E-state index is 12.3. The van der Waals surface area contributed by atoms with Crippen LogP contribution in [0.15, 0.2) is 53.7 Å². The minimum Gasteiger partial charge on any atom is -0.495 e. The molecule has 0 fully saturated rings. The SMILES string of the molecule is COc1ccc(C(=O)NCCCc2ncc3ccccn23)cc1S(C)(=O)=O. The van der Waals surface area contributed by atoms with E-state index in [2.05, 4.69) is 10.3 Å². The number of amides is 1. The Morgan fingerprint density at radius 1 is 1.26 bits per heavy atom. The maximum absolute atomic E-state index is 12.3. The van der Waals surface area contributed by atoms with Crippen LogP contribution in [0.25, 0.3) is 5.52 Å². The molecule has 0 atom stereocenters. The van der Waals surface area contributed by atoms with Crippen molar-refractivity contribution in [3.63, 3.8) is 0 Å². The fourth-order valence-electron chi connectivity index (χ4n) is 2.84. The molecule has 27 heavy (non-hydrogen) atoms. The van der Waals surface area contributed by atoms with Crippen LogP contribution in [0.3, 0.4) is 0 Å². The van der Waals surface area contributed by atoms with E-state index in [1.165, 1.54) is 19.2 Å². The summed E-state index contributed by atoms with van der Waals surface area (Å²) in [5.74, 6) is 0.833. The summed E-state index contributed by atoms with van der Waals surface area (Å²) >= 11 is 0. The molecule has 0 spiro atoms. The Morgan fingerprint density at radius 3 is 2.81 bits per heavy atom. The summed E-state index contributed by atoms with van der Waals surface area (Å²) in [6, 6.07) is 10.3. The summed E-state index contributed by atoms with van der Waals surface area (Å²) < 4.78 is 30.8. The Balaban J connectivity index is 1.61. The first-order valence-corrected chi connectivity index (χ1v) is 10.4. The predicted octanol–water partition coefficient (Wildman–Crippen LogP) is 2.11. The zero-order valence-electron chi connectivity index (χ0n) is 15.2. The van der Waals surface area contributed by atoms with Gasteiger partial charge in [-0.25, -0.2) is 13.4 Å². The lowest BCUT2D eigenvalue weighted by atomic mass is 10.2. The van der Waals surface area contributed by atoms with E-state index in [1.807, 2.05) is 35.0 Å². The summed E-state index contributed by atoms with van der Waals surface area (Å²) in [5, 5.41) is 2.81. The standard InChI is InChI=1S/C19H21N3O4S/c1-26-16-9-8-14(12-17(16)27(2,24)25)19(23)20-10-5-7-18-21-13-15-6-3-4-11-22(15)18/h3-4,6,8-9,11-13H,5,7,10H2,1-2H3,(H,20,23). The summed E-state index contributed by atoms with van der Waals surface area (Å²) in [6.07, 6.45) is 6.30. The van der Waals surface area contributed by atoms with Gasteiger partial charge in [-0.1, -0.05) is 6.07 Å². The first-order valence-electron chi connectivity index (χ1n) is 8.47. The largest absolute Gasteiger partial charge is 0.495 e. The molecule has 0 radical (unpaired) electrons. The summed E-state index contributed by atoms with van der Waals surface area (Å²) in [6.45, 7) is 0.459. The lowest BCUT2D eigenvalue weighted by Crippen LogP contribution is -2.25. The monoisotopic (exact) mass is 387 g/mol. The number of aryl methyl sites for hydroxylation is 1. The molecular formula is C19H21N3O4S. The van der Waals surface area contributed by atoms with Gasteiger partial charge < -0.3 is 14.5 Å². The molecular weight excluding hydrogens is 366 g/mol. The number of rotatable bonds is 7. The van der Waals surface area contributed by atoms with E-state index in [0.29, 0.717) is 6.54 Å². The minimum atomic E-state index is -3.49. The highest BCUT2D eigenvalue weighted by Crippen LogP contribution is 2.24. The topological polar surface area (TPSA) is 89.8 Å². The van der Waals surface area contributed by atoms with Crippen LogP contribution < -0.4 is 10.1 Å². The Kier molecular flexibility index (Phi) is 5.46. The molecule has 2 aromatic heterocycles. The van der Waals surface area contributed by atoms with Gasteiger partial charge in [0, 0.05) is 31.0 Å². The van der Waals surface area contributed by atoms with Crippen molar-refractivity contribution in [3.05, 3.63) is 60.2 Å². The average molecular weight is 387 g/mol. The molecule has 3 aromatic rings. The van der Waals surface area contributed by atoms with E-state index < -0.39 is 9.84 Å². The lowest BCUT2D eigenvalue weighted by molar-refractivity contribution is 0.0953. The molecule has 1 N–H and O–H groups in total. The summed E-state index contributed by atoms with van der Waals surface area (Å²) in [4.78, 5) is 16.7. The molecule has 0 unspecified atom stereocenters. The van der Waals surface area contributed by atoms with Gasteiger partial charge in [-0.3, -0.25) is 4.79 Å². The van der Waals surface area contributed by atoms with Crippen LogP contribution in [0.2, 0.25) is 0 Å². The molecule has 0 aliphatic rings. The molecule has 0 aliphatic heterocycles. The van der Waals surface area contributed by atoms with Crippen molar-refractivity contribution in [3.8, 4) is 5.75 Å². The van der Waals surface area contributed by atoms with E-state index in [9.17, 15) is 13.2 Å². The predicted molar refractivity (Wildman–Crippen MR) is 102 cm³/mol. The zero-order valence-corrected chi connectivity index (χ0v) is 16.0. The van der Waals surface area contributed by atoms with Gasteiger partial charge in [-0.2, -0.15) is 0 Å². The van der Waals surface area contributed by atoms with Crippen LogP contribution in [-0.4, -0.2) is 43.6 Å². The molecule has 0 saturated heterocycles.